The fourth-order valence-electron chi connectivity index (χ4n) is 2.48. The van der Waals surface area contributed by atoms with Crippen molar-refractivity contribution >= 4 is 17.7 Å². The number of fused-ring (bicyclic) bond motifs is 1. The van der Waals surface area contributed by atoms with Gasteiger partial charge in [-0.1, -0.05) is 36.4 Å². The Balaban J connectivity index is 1.67. The minimum Gasteiger partial charge on any atom is -0.323 e. The van der Waals surface area contributed by atoms with Crippen LogP contribution in [0.2, 0.25) is 0 Å². The molecule has 0 atom stereocenters. The van der Waals surface area contributed by atoms with E-state index in [1.54, 1.807) is 6.08 Å². The van der Waals surface area contributed by atoms with Gasteiger partial charge < -0.3 is 10.6 Å². The van der Waals surface area contributed by atoms with Crippen molar-refractivity contribution in [1.82, 2.24) is 5.32 Å². The van der Waals surface area contributed by atoms with Crippen LogP contribution < -0.4 is 10.6 Å². The first kappa shape index (κ1) is 13.6. The molecule has 1 amide bonds. The Morgan fingerprint density at radius 2 is 1.95 bits per heavy atom. The number of hydrogen-bond donors (Lipinski definition) is 2. The molecule has 2 aromatic rings. The first-order chi connectivity index (χ1) is 10.3. The lowest BCUT2D eigenvalue weighted by Gasteiger charge is -2.17. The van der Waals surface area contributed by atoms with Crippen molar-refractivity contribution in [2.45, 2.75) is 13.0 Å². The number of nitrogens with one attached hydrogen (secondary N) is 2. The molecule has 0 bridgehead atoms. The number of carbonyl (C=O) groups is 1. The number of carbonyl (C=O) groups excluding carboxylic acids is 1. The van der Waals surface area contributed by atoms with Crippen LogP contribution in [0.1, 0.15) is 16.7 Å². The van der Waals surface area contributed by atoms with Crippen LogP contribution in [-0.2, 0) is 17.8 Å². The smallest absolute Gasteiger partial charge is 0.248 e. The van der Waals surface area contributed by atoms with Crippen LogP contribution >= 0.6 is 0 Å². The van der Waals surface area contributed by atoms with E-state index >= 15 is 0 Å². The molecule has 2 aromatic carbocycles. The maximum atomic E-state index is 11.9. The highest BCUT2D eigenvalue weighted by atomic mass is 16.1. The molecule has 0 saturated heterocycles. The molecule has 3 nitrogen and oxygen atoms in total. The Hall–Kier alpha value is -2.39. The third kappa shape index (κ3) is 3.58. The largest absolute Gasteiger partial charge is 0.323 e. The van der Waals surface area contributed by atoms with Gasteiger partial charge in [-0.15, -0.1) is 0 Å². The van der Waals surface area contributed by atoms with Gasteiger partial charge in [0.2, 0.25) is 5.91 Å². The molecule has 106 valence electrons. The van der Waals surface area contributed by atoms with Crippen LogP contribution in [0, 0.1) is 0 Å². The van der Waals surface area contributed by atoms with E-state index in [4.69, 9.17) is 0 Å². The van der Waals surface area contributed by atoms with Gasteiger partial charge >= 0.3 is 0 Å². The molecule has 1 heterocycles. The summed E-state index contributed by atoms with van der Waals surface area (Å²) in [4.78, 5) is 11.9. The fourth-order valence-corrected chi connectivity index (χ4v) is 2.48. The van der Waals surface area contributed by atoms with Crippen molar-refractivity contribution in [3.05, 3.63) is 71.3 Å². The lowest BCUT2D eigenvalue weighted by Crippen LogP contribution is -2.23. The molecule has 21 heavy (non-hydrogen) atoms. The summed E-state index contributed by atoms with van der Waals surface area (Å²) in [6.07, 6.45) is 4.51. The third-order valence-electron chi connectivity index (χ3n) is 3.59. The molecular formula is C18H18N2O. The van der Waals surface area contributed by atoms with Gasteiger partial charge in [0.15, 0.2) is 0 Å². The van der Waals surface area contributed by atoms with Crippen molar-refractivity contribution in [2.24, 2.45) is 0 Å². The molecule has 0 aliphatic carbocycles. The molecule has 1 aliphatic rings. The number of amides is 1. The first-order valence-corrected chi connectivity index (χ1v) is 7.18. The van der Waals surface area contributed by atoms with E-state index in [-0.39, 0.29) is 5.91 Å². The van der Waals surface area contributed by atoms with Crippen molar-refractivity contribution in [3.8, 4) is 0 Å². The van der Waals surface area contributed by atoms with Crippen LogP contribution in [0.3, 0.4) is 0 Å². The minimum absolute atomic E-state index is 0.114. The Labute approximate surface area is 124 Å². The van der Waals surface area contributed by atoms with E-state index in [9.17, 15) is 4.79 Å². The Bertz CT molecular complexity index is 662. The van der Waals surface area contributed by atoms with Crippen LogP contribution in [0.4, 0.5) is 5.69 Å². The van der Waals surface area contributed by atoms with E-state index in [0.29, 0.717) is 0 Å². The molecule has 0 radical (unpaired) electrons. The lowest BCUT2D eigenvalue weighted by molar-refractivity contribution is -0.111. The molecule has 0 spiro atoms. The lowest BCUT2D eigenvalue weighted by atomic mass is 9.98. The zero-order valence-electron chi connectivity index (χ0n) is 11.8. The van der Waals surface area contributed by atoms with Crippen LogP contribution in [-0.4, -0.2) is 12.5 Å². The third-order valence-corrected chi connectivity index (χ3v) is 3.59. The quantitative estimate of drug-likeness (QED) is 0.847. The van der Waals surface area contributed by atoms with Gasteiger partial charge in [-0.25, -0.2) is 0 Å². The van der Waals surface area contributed by atoms with Crippen molar-refractivity contribution in [1.29, 1.82) is 0 Å². The minimum atomic E-state index is -0.114. The van der Waals surface area contributed by atoms with Gasteiger partial charge in [0, 0.05) is 18.3 Å². The van der Waals surface area contributed by atoms with E-state index in [2.05, 4.69) is 28.8 Å². The summed E-state index contributed by atoms with van der Waals surface area (Å²) in [5.41, 5.74) is 4.59. The summed E-state index contributed by atoms with van der Waals surface area (Å²) in [7, 11) is 0. The average Bonchev–Trinajstić information content (AvgIpc) is 2.54. The van der Waals surface area contributed by atoms with Crippen LogP contribution in [0.5, 0.6) is 0 Å². The SMILES string of the molecule is O=C(C=Cc1ccc2c(c1)CNCC2)Nc1ccccc1. The Kier molecular flexibility index (Phi) is 4.12. The van der Waals surface area contributed by atoms with Gasteiger partial charge in [-0.3, -0.25) is 4.79 Å². The molecule has 2 N–H and O–H groups in total. The van der Waals surface area contributed by atoms with E-state index in [1.165, 1.54) is 11.1 Å². The second-order valence-corrected chi connectivity index (χ2v) is 5.14. The number of hydrogen-bond acceptors (Lipinski definition) is 2. The van der Waals surface area contributed by atoms with E-state index in [1.807, 2.05) is 36.4 Å². The van der Waals surface area contributed by atoms with Gasteiger partial charge in [0.25, 0.3) is 0 Å². The molecule has 0 fully saturated rings. The molecule has 3 rings (SSSR count). The second kappa shape index (κ2) is 6.37. The summed E-state index contributed by atoms with van der Waals surface area (Å²) in [5, 5.41) is 6.20. The van der Waals surface area contributed by atoms with Crippen molar-refractivity contribution < 1.29 is 4.79 Å². The molecule has 3 heteroatoms. The van der Waals surface area contributed by atoms with Gasteiger partial charge in [-0.05, 0) is 47.9 Å². The Morgan fingerprint density at radius 1 is 1.10 bits per heavy atom. The summed E-state index contributed by atoms with van der Waals surface area (Å²) in [5.74, 6) is -0.114. The summed E-state index contributed by atoms with van der Waals surface area (Å²) in [6.45, 7) is 1.95. The van der Waals surface area contributed by atoms with Gasteiger partial charge in [0.1, 0.15) is 0 Å². The normalized spacial score (nSPS) is 13.9. The average molecular weight is 278 g/mol. The Morgan fingerprint density at radius 3 is 2.81 bits per heavy atom. The van der Waals surface area contributed by atoms with Crippen LogP contribution in [0.15, 0.2) is 54.6 Å². The zero-order valence-corrected chi connectivity index (χ0v) is 11.8. The van der Waals surface area contributed by atoms with Crippen molar-refractivity contribution in [3.63, 3.8) is 0 Å². The molecular weight excluding hydrogens is 260 g/mol. The highest BCUT2D eigenvalue weighted by molar-refractivity contribution is 6.01. The summed E-state index contributed by atoms with van der Waals surface area (Å²) < 4.78 is 0. The maximum absolute atomic E-state index is 11.9. The van der Waals surface area contributed by atoms with Gasteiger partial charge in [0.05, 0.1) is 0 Å². The highest BCUT2D eigenvalue weighted by Crippen LogP contribution is 2.16. The number of rotatable bonds is 3. The molecule has 0 saturated carbocycles. The number of benzene rings is 2. The van der Waals surface area contributed by atoms with Crippen LogP contribution in [0.25, 0.3) is 6.08 Å². The topological polar surface area (TPSA) is 41.1 Å². The van der Waals surface area contributed by atoms with Gasteiger partial charge in [-0.2, -0.15) is 0 Å². The molecule has 1 aliphatic heterocycles. The fraction of sp³-hybridized carbons (Fsp3) is 0.167. The number of anilines is 1. The maximum Gasteiger partial charge on any atom is 0.248 e. The predicted molar refractivity (Wildman–Crippen MR) is 86.0 cm³/mol. The van der Waals surface area contributed by atoms with E-state index in [0.717, 1.165) is 30.8 Å². The highest BCUT2D eigenvalue weighted by Gasteiger charge is 2.07. The second-order valence-electron chi connectivity index (χ2n) is 5.14. The van der Waals surface area contributed by atoms with E-state index < -0.39 is 0 Å². The monoisotopic (exact) mass is 278 g/mol. The summed E-state index contributed by atoms with van der Waals surface area (Å²) >= 11 is 0. The molecule has 0 aromatic heterocycles. The summed E-state index contributed by atoms with van der Waals surface area (Å²) in [6, 6.07) is 15.8. The molecule has 0 unspecified atom stereocenters. The standard InChI is InChI=1S/C18H18N2O/c21-18(20-17-4-2-1-3-5-17)9-7-14-6-8-15-10-11-19-13-16(15)12-14/h1-9,12,19H,10-11,13H2,(H,20,21). The first-order valence-electron chi connectivity index (χ1n) is 7.18. The number of para-hydroxylation sites is 1. The zero-order chi connectivity index (χ0) is 14.5. The predicted octanol–water partition coefficient (Wildman–Crippen LogP) is 2.98. The van der Waals surface area contributed by atoms with Crippen molar-refractivity contribution in [2.75, 3.05) is 11.9 Å².